The molecule has 2 aromatic rings. The Bertz CT molecular complexity index is 772. The van der Waals surface area contributed by atoms with E-state index < -0.39 is 0 Å². The average Bonchev–Trinajstić information content (AvgIpc) is 3.14. The molecule has 0 bridgehead atoms. The number of hydrogen-bond acceptors (Lipinski definition) is 4. The Morgan fingerprint density at radius 2 is 2.00 bits per heavy atom. The van der Waals surface area contributed by atoms with Crippen molar-refractivity contribution < 1.29 is 4.74 Å². The maximum atomic E-state index is 5.52. The van der Waals surface area contributed by atoms with E-state index in [2.05, 4.69) is 65.3 Å². The van der Waals surface area contributed by atoms with Crippen LogP contribution in [0.15, 0.2) is 53.5 Å². The Hall–Kier alpha value is -2.49. The van der Waals surface area contributed by atoms with E-state index in [0.717, 1.165) is 37.8 Å². The van der Waals surface area contributed by atoms with Crippen molar-refractivity contribution >= 4 is 11.6 Å². The number of rotatable bonds is 5. The second-order valence-corrected chi connectivity index (χ2v) is 6.62. The number of aliphatic imine (C=N–C) groups is 1. The molecule has 25 heavy (non-hydrogen) atoms. The molecule has 1 unspecified atom stereocenters. The minimum atomic E-state index is 0.199. The summed E-state index contributed by atoms with van der Waals surface area (Å²) >= 11 is 0. The van der Waals surface area contributed by atoms with Crippen LogP contribution in [-0.2, 0) is 0 Å². The number of guanidine groups is 1. The van der Waals surface area contributed by atoms with E-state index in [9.17, 15) is 0 Å². The number of nitrogens with zero attached hydrogens (tertiary/aromatic N) is 3. The second kappa shape index (κ2) is 6.79. The smallest absolute Gasteiger partial charge is 0.202 e. The van der Waals surface area contributed by atoms with Gasteiger partial charge in [-0.3, -0.25) is 4.99 Å². The number of fused-ring (bicyclic) bond motifs is 2. The minimum absolute atomic E-state index is 0.199. The number of hydrogen-bond donors (Lipinski definition) is 0. The molecular formula is C21H25N3O. The van der Waals surface area contributed by atoms with Gasteiger partial charge in [0, 0.05) is 24.3 Å². The lowest BCUT2D eigenvalue weighted by Crippen LogP contribution is -2.49. The van der Waals surface area contributed by atoms with E-state index in [1.54, 1.807) is 7.11 Å². The molecular weight excluding hydrogens is 310 g/mol. The maximum Gasteiger partial charge on any atom is 0.202 e. The third kappa shape index (κ3) is 2.76. The van der Waals surface area contributed by atoms with Crippen LogP contribution < -0.4 is 9.64 Å². The summed E-state index contributed by atoms with van der Waals surface area (Å²) in [6, 6.07) is 17.4. The molecule has 0 aromatic heterocycles. The van der Waals surface area contributed by atoms with Gasteiger partial charge in [-0.15, -0.1) is 0 Å². The van der Waals surface area contributed by atoms with Crippen LogP contribution >= 0.6 is 0 Å². The summed E-state index contributed by atoms with van der Waals surface area (Å²) in [6.45, 7) is 5.08. The van der Waals surface area contributed by atoms with Gasteiger partial charge in [-0.05, 0) is 30.2 Å². The first-order valence-electron chi connectivity index (χ1n) is 9.15. The molecule has 2 heterocycles. The Labute approximate surface area is 149 Å². The monoisotopic (exact) mass is 335 g/mol. The third-order valence-corrected chi connectivity index (χ3v) is 5.07. The average molecular weight is 335 g/mol. The molecule has 130 valence electrons. The lowest BCUT2D eigenvalue weighted by atomic mass is 9.93. The fraction of sp³-hybridized carbons (Fsp3) is 0.381. The number of benzene rings is 2. The van der Waals surface area contributed by atoms with E-state index >= 15 is 0 Å². The molecule has 2 aliphatic heterocycles. The lowest BCUT2D eigenvalue weighted by Gasteiger charge is -2.43. The van der Waals surface area contributed by atoms with Crippen molar-refractivity contribution in [2.24, 2.45) is 4.99 Å². The van der Waals surface area contributed by atoms with Crippen molar-refractivity contribution in [3.8, 4) is 5.75 Å². The first kappa shape index (κ1) is 16.0. The van der Waals surface area contributed by atoms with Gasteiger partial charge >= 0.3 is 0 Å². The maximum absolute atomic E-state index is 5.52. The van der Waals surface area contributed by atoms with Crippen molar-refractivity contribution in [3.63, 3.8) is 0 Å². The fourth-order valence-corrected chi connectivity index (χ4v) is 3.87. The van der Waals surface area contributed by atoms with Gasteiger partial charge in [-0.25, -0.2) is 0 Å². The molecule has 0 aliphatic carbocycles. The Morgan fingerprint density at radius 3 is 2.76 bits per heavy atom. The van der Waals surface area contributed by atoms with Crippen molar-refractivity contribution in [3.05, 3.63) is 59.7 Å². The van der Waals surface area contributed by atoms with Crippen LogP contribution in [-0.4, -0.2) is 37.6 Å². The van der Waals surface area contributed by atoms with Gasteiger partial charge in [0.1, 0.15) is 5.75 Å². The van der Waals surface area contributed by atoms with Gasteiger partial charge in [0.25, 0.3) is 0 Å². The Balaban J connectivity index is 1.86. The summed E-state index contributed by atoms with van der Waals surface area (Å²) in [5.41, 5.74) is 3.88. The lowest BCUT2D eigenvalue weighted by molar-refractivity contribution is 0.369. The highest BCUT2D eigenvalue weighted by Crippen LogP contribution is 2.43. The van der Waals surface area contributed by atoms with Crippen LogP contribution in [0, 0.1) is 0 Å². The number of ether oxygens (including phenoxy) is 1. The van der Waals surface area contributed by atoms with Gasteiger partial charge in [-0.1, -0.05) is 43.7 Å². The van der Waals surface area contributed by atoms with Crippen molar-refractivity contribution in [1.29, 1.82) is 0 Å². The normalized spacial score (nSPS) is 18.6. The first-order valence-corrected chi connectivity index (χ1v) is 9.15. The van der Waals surface area contributed by atoms with E-state index in [1.807, 2.05) is 0 Å². The molecule has 2 aromatic carbocycles. The Kier molecular flexibility index (Phi) is 4.35. The van der Waals surface area contributed by atoms with Crippen molar-refractivity contribution in [1.82, 2.24) is 4.90 Å². The van der Waals surface area contributed by atoms with Crippen LogP contribution in [0.3, 0.4) is 0 Å². The molecule has 0 saturated carbocycles. The summed E-state index contributed by atoms with van der Waals surface area (Å²) in [5.74, 6) is 2.04. The zero-order valence-electron chi connectivity index (χ0n) is 15.0. The summed E-state index contributed by atoms with van der Waals surface area (Å²) in [4.78, 5) is 9.69. The number of anilines is 1. The van der Waals surface area contributed by atoms with Crippen LogP contribution in [0.5, 0.6) is 5.75 Å². The predicted molar refractivity (Wildman–Crippen MR) is 103 cm³/mol. The Morgan fingerprint density at radius 1 is 1.16 bits per heavy atom. The van der Waals surface area contributed by atoms with Gasteiger partial charge in [-0.2, -0.15) is 0 Å². The topological polar surface area (TPSA) is 28.1 Å². The molecule has 1 atom stereocenters. The van der Waals surface area contributed by atoms with Crippen molar-refractivity contribution in [2.45, 2.75) is 25.8 Å². The SMILES string of the molecule is CCCCN1C2=NCCN2C(c2ccccc2)c2cc(OC)ccc21. The van der Waals surface area contributed by atoms with Gasteiger partial charge in [0.15, 0.2) is 0 Å². The highest BCUT2D eigenvalue weighted by Gasteiger charge is 2.38. The summed E-state index contributed by atoms with van der Waals surface area (Å²) in [6.07, 6.45) is 2.34. The summed E-state index contributed by atoms with van der Waals surface area (Å²) < 4.78 is 5.52. The van der Waals surface area contributed by atoms with Crippen molar-refractivity contribution in [2.75, 3.05) is 31.6 Å². The third-order valence-electron chi connectivity index (χ3n) is 5.07. The molecule has 0 spiro atoms. The second-order valence-electron chi connectivity index (χ2n) is 6.62. The highest BCUT2D eigenvalue weighted by molar-refractivity contribution is 6.00. The van der Waals surface area contributed by atoms with Crippen LogP contribution in [0.1, 0.15) is 36.9 Å². The highest BCUT2D eigenvalue weighted by atomic mass is 16.5. The molecule has 2 aliphatic rings. The van der Waals surface area contributed by atoms with Crippen LogP contribution in [0.25, 0.3) is 0 Å². The molecule has 0 fully saturated rings. The van der Waals surface area contributed by atoms with E-state index in [-0.39, 0.29) is 6.04 Å². The standard InChI is InChI=1S/C21H25N3O/c1-3-4-13-23-19-11-10-17(25-2)15-18(19)20(16-8-6-5-7-9-16)24-14-12-22-21(23)24/h5-11,15,20H,3-4,12-14H2,1-2H3. The van der Waals surface area contributed by atoms with Gasteiger partial charge in [0.2, 0.25) is 5.96 Å². The van der Waals surface area contributed by atoms with E-state index in [1.165, 1.54) is 23.2 Å². The van der Waals surface area contributed by atoms with E-state index in [4.69, 9.17) is 9.73 Å². The van der Waals surface area contributed by atoms with Gasteiger partial charge in [0.05, 0.1) is 19.7 Å². The predicted octanol–water partition coefficient (Wildman–Crippen LogP) is 4.08. The van der Waals surface area contributed by atoms with Gasteiger partial charge < -0.3 is 14.5 Å². The fourth-order valence-electron chi connectivity index (χ4n) is 3.87. The number of unbranched alkanes of at least 4 members (excludes halogenated alkanes) is 1. The summed E-state index contributed by atoms with van der Waals surface area (Å²) in [5, 5.41) is 0. The quantitative estimate of drug-likeness (QED) is 0.824. The minimum Gasteiger partial charge on any atom is -0.497 e. The number of methoxy groups -OCH3 is 1. The van der Waals surface area contributed by atoms with Crippen LogP contribution in [0.2, 0.25) is 0 Å². The van der Waals surface area contributed by atoms with E-state index in [0.29, 0.717) is 0 Å². The molecule has 4 nitrogen and oxygen atoms in total. The molecule has 0 N–H and O–H groups in total. The zero-order chi connectivity index (χ0) is 17.2. The molecule has 4 heteroatoms. The summed E-state index contributed by atoms with van der Waals surface area (Å²) in [7, 11) is 1.74. The van der Waals surface area contributed by atoms with Crippen LogP contribution in [0.4, 0.5) is 5.69 Å². The molecule has 0 saturated heterocycles. The first-order chi connectivity index (χ1) is 12.3. The molecule has 0 radical (unpaired) electrons. The molecule has 4 rings (SSSR count). The largest absolute Gasteiger partial charge is 0.497 e. The zero-order valence-corrected chi connectivity index (χ0v) is 15.0. The molecule has 0 amide bonds.